The van der Waals surface area contributed by atoms with Crippen molar-refractivity contribution in [2.45, 2.75) is 13.2 Å². The Kier molecular flexibility index (Phi) is 4.55. The van der Waals surface area contributed by atoms with Crippen LogP contribution in [0.5, 0.6) is 5.75 Å². The normalized spacial score (nSPS) is 10.3. The highest BCUT2D eigenvalue weighted by molar-refractivity contribution is 6.30. The van der Waals surface area contributed by atoms with E-state index in [0.717, 1.165) is 5.56 Å². The van der Waals surface area contributed by atoms with Crippen molar-refractivity contribution in [3.05, 3.63) is 68.7 Å². The van der Waals surface area contributed by atoms with Gasteiger partial charge in [0.15, 0.2) is 5.75 Å². The van der Waals surface area contributed by atoms with E-state index in [9.17, 15) is 10.1 Å². The Hall–Kier alpha value is -2.11. The van der Waals surface area contributed by atoms with Gasteiger partial charge < -0.3 is 10.5 Å². The van der Waals surface area contributed by atoms with Crippen molar-refractivity contribution in [2.24, 2.45) is 5.73 Å². The molecule has 5 nitrogen and oxygen atoms in total. The van der Waals surface area contributed by atoms with Crippen LogP contribution in [0.15, 0.2) is 42.5 Å². The van der Waals surface area contributed by atoms with Gasteiger partial charge in [-0.05, 0) is 29.3 Å². The first-order valence-corrected chi connectivity index (χ1v) is 6.32. The minimum atomic E-state index is -0.476. The Bertz CT molecular complexity index is 614. The summed E-state index contributed by atoms with van der Waals surface area (Å²) in [7, 11) is 0. The number of hydrogen-bond acceptors (Lipinski definition) is 4. The van der Waals surface area contributed by atoms with Gasteiger partial charge in [0.1, 0.15) is 6.61 Å². The van der Waals surface area contributed by atoms with Crippen LogP contribution < -0.4 is 10.5 Å². The molecule has 0 amide bonds. The van der Waals surface area contributed by atoms with Gasteiger partial charge in [-0.3, -0.25) is 10.1 Å². The number of rotatable bonds is 5. The van der Waals surface area contributed by atoms with E-state index in [1.165, 1.54) is 6.07 Å². The van der Waals surface area contributed by atoms with E-state index in [4.69, 9.17) is 22.1 Å². The summed E-state index contributed by atoms with van der Waals surface area (Å²) in [6, 6.07) is 11.8. The number of nitrogens with two attached hydrogens (primary N) is 1. The summed E-state index contributed by atoms with van der Waals surface area (Å²) in [6.07, 6.45) is 0. The van der Waals surface area contributed by atoms with Crippen molar-refractivity contribution >= 4 is 17.3 Å². The average Bonchev–Trinajstić information content (AvgIpc) is 2.46. The highest BCUT2D eigenvalue weighted by Gasteiger charge is 2.15. The number of nitro benzene ring substituents is 1. The van der Waals surface area contributed by atoms with E-state index in [2.05, 4.69) is 0 Å². The lowest BCUT2D eigenvalue weighted by Crippen LogP contribution is -2.02. The molecule has 0 spiro atoms. The van der Waals surface area contributed by atoms with Gasteiger partial charge in [0.25, 0.3) is 0 Å². The third kappa shape index (κ3) is 3.46. The standard InChI is InChI=1S/C14H13ClN2O3/c15-12-4-1-10(2-5-12)9-20-14-6-3-11(8-16)7-13(14)17(18)19/h1-7H,8-9,16H2. The minimum absolute atomic E-state index is 0.0816. The van der Waals surface area contributed by atoms with Gasteiger partial charge >= 0.3 is 5.69 Å². The molecule has 2 N–H and O–H groups in total. The number of nitro groups is 1. The fourth-order valence-corrected chi connectivity index (χ4v) is 1.82. The molecule has 0 unspecified atom stereocenters. The molecule has 104 valence electrons. The van der Waals surface area contributed by atoms with Crippen molar-refractivity contribution < 1.29 is 9.66 Å². The monoisotopic (exact) mass is 292 g/mol. The van der Waals surface area contributed by atoms with Crippen molar-refractivity contribution in [1.82, 2.24) is 0 Å². The van der Waals surface area contributed by atoms with Crippen LogP contribution in [0, 0.1) is 10.1 Å². The Morgan fingerprint density at radius 1 is 1.15 bits per heavy atom. The summed E-state index contributed by atoms with van der Waals surface area (Å²) in [5, 5.41) is 11.6. The molecule has 0 radical (unpaired) electrons. The predicted molar refractivity (Wildman–Crippen MR) is 76.8 cm³/mol. The molecule has 20 heavy (non-hydrogen) atoms. The molecule has 0 saturated carbocycles. The van der Waals surface area contributed by atoms with E-state index in [1.54, 1.807) is 24.3 Å². The second kappa shape index (κ2) is 6.36. The van der Waals surface area contributed by atoms with Crippen molar-refractivity contribution in [1.29, 1.82) is 0 Å². The van der Waals surface area contributed by atoms with Crippen LogP contribution in [-0.4, -0.2) is 4.92 Å². The highest BCUT2D eigenvalue weighted by Crippen LogP contribution is 2.28. The van der Waals surface area contributed by atoms with Gasteiger partial charge in [0, 0.05) is 17.6 Å². The van der Waals surface area contributed by atoms with Crippen LogP contribution in [0.2, 0.25) is 5.02 Å². The van der Waals surface area contributed by atoms with Crippen molar-refractivity contribution in [2.75, 3.05) is 0 Å². The zero-order valence-electron chi connectivity index (χ0n) is 10.6. The van der Waals surface area contributed by atoms with Crippen LogP contribution in [0.25, 0.3) is 0 Å². The maximum atomic E-state index is 11.0. The third-order valence-corrected chi connectivity index (χ3v) is 3.02. The Morgan fingerprint density at radius 3 is 2.40 bits per heavy atom. The lowest BCUT2D eigenvalue weighted by molar-refractivity contribution is -0.386. The first-order chi connectivity index (χ1) is 9.60. The summed E-state index contributed by atoms with van der Waals surface area (Å²) < 4.78 is 5.50. The van der Waals surface area contributed by atoms with Crippen molar-refractivity contribution in [3.63, 3.8) is 0 Å². The molecule has 0 atom stereocenters. The quantitative estimate of drug-likeness (QED) is 0.677. The fraction of sp³-hybridized carbons (Fsp3) is 0.143. The maximum absolute atomic E-state index is 11.0. The molecule has 0 aromatic heterocycles. The van der Waals surface area contributed by atoms with E-state index < -0.39 is 4.92 Å². The van der Waals surface area contributed by atoms with Gasteiger partial charge in [-0.2, -0.15) is 0 Å². The van der Waals surface area contributed by atoms with Crippen LogP contribution in [0.3, 0.4) is 0 Å². The summed E-state index contributed by atoms with van der Waals surface area (Å²) in [6.45, 7) is 0.484. The topological polar surface area (TPSA) is 78.4 Å². The maximum Gasteiger partial charge on any atom is 0.311 e. The first-order valence-electron chi connectivity index (χ1n) is 5.95. The van der Waals surface area contributed by atoms with Crippen LogP contribution in [0.4, 0.5) is 5.69 Å². The summed E-state index contributed by atoms with van der Waals surface area (Å²) >= 11 is 5.79. The molecule has 0 saturated heterocycles. The Morgan fingerprint density at radius 2 is 1.80 bits per heavy atom. The molecule has 0 aliphatic rings. The van der Waals surface area contributed by atoms with Crippen molar-refractivity contribution in [3.8, 4) is 5.75 Å². The van der Waals surface area contributed by atoms with Gasteiger partial charge in [-0.15, -0.1) is 0 Å². The van der Waals surface area contributed by atoms with E-state index in [-0.39, 0.29) is 24.6 Å². The number of halogens is 1. The zero-order valence-corrected chi connectivity index (χ0v) is 11.3. The lowest BCUT2D eigenvalue weighted by atomic mass is 10.2. The number of hydrogen-bond donors (Lipinski definition) is 1. The Labute approximate surface area is 121 Å². The first kappa shape index (κ1) is 14.3. The average molecular weight is 293 g/mol. The van der Waals surface area contributed by atoms with E-state index >= 15 is 0 Å². The SMILES string of the molecule is NCc1ccc(OCc2ccc(Cl)cc2)c([N+](=O)[O-])c1. The molecular formula is C14H13ClN2O3. The molecule has 0 aliphatic heterocycles. The van der Waals surface area contributed by atoms with Crippen LogP contribution in [-0.2, 0) is 13.2 Å². The molecule has 0 heterocycles. The highest BCUT2D eigenvalue weighted by atomic mass is 35.5. The third-order valence-electron chi connectivity index (χ3n) is 2.76. The summed E-state index contributed by atoms with van der Waals surface area (Å²) in [4.78, 5) is 10.5. The van der Waals surface area contributed by atoms with Gasteiger partial charge in [-0.1, -0.05) is 29.8 Å². The number of nitrogens with zero attached hydrogens (tertiary/aromatic N) is 1. The summed E-state index contributed by atoms with van der Waals surface area (Å²) in [5.41, 5.74) is 6.96. The molecule has 0 fully saturated rings. The Balaban J connectivity index is 2.16. The molecular weight excluding hydrogens is 280 g/mol. The second-order valence-corrected chi connectivity index (χ2v) is 4.61. The predicted octanol–water partition coefficient (Wildman–Crippen LogP) is 3.29. The second-order valence-electron chi connectivity index (χ2n) is 4.18. The molecule has 6 heteroatoms. The molecule has 0 bridgehead atoms. The molecule has 2 aromatic rings. The van der Waals surface area contributed by atoms with E-state index in [1.807, 2.05) is 12.1 Å². The molecule has 0 aliphatic carbocycles. The fourth-order valence-electron chi connectivity index (χ4n) is 1.70. The largest absolute Gasteiger partial charge is 0.482 e. The zero-order chi connectivity index (χ0) is 14.5. The summed E-state index contributed by atoms with van der Waals surface area (Å²) in [5.74, 6) is 0.224. The van der Waals surface area contributed by atoms with Gasteiger partial charge in [0.2, 0.25) is 0 Å². The number of ether oxygens (including phenoxy) is 1. The lowest BCUT2D eigenvalue weighted by Gasteiger charge is -2.08. The van der Waals surface area contributed by atoms with Gasteiger partial charge in [0.05, 0.1) is 4.92 Å². The molecule has 2 rings (SSSR count). The smallest absolute Gasteiger partial charge is 0.311 e. The minimum Gasteiger partial charge on any atom is -0.482 e. The van der Waals surface area contributed by atoms with E-state index in [0.29, 0.717) is 10.6 Å². The molecule has 2 aromatic carbocycles. The van der Waals surface area contributed by atoms with Crippen LogP contribution >= 0.6 is 11.6 Å². The van der Waals surface area contributed by atoms with Gasteiger partial charge in [-0.25, -0.2) is 0 Å². The van der Waals surface area contributed by atoms with Crippen LogP contribution in [0.1, 0.15) is 11.1 Å². The number of benzene rings is 2.